The van der Waals surface area contributed by atoms with Crippen LogP contribution in [0.3, 0.4) is 0 Å². The van der Waals surface area contributed by atoms with Gasteiger partial charge in [0.25, 0.3) is 0 Å². The molecular formula is C22H21F4N3. The molecule has 1 aromatic heterocycles. The predicted molar refractivity (Wildman–Crippen MR) is 104 cm³/mol. The highest BCUT2D eigenvalue weighted by molar-refractivity contribution is 5.94. The van der Waals surface area contributed by atoms with Gasteiger partial charge in [0.2, 0.25) is 0 Å². The number of nitriles is 1. The molecule has 0 saturated heterocycles. The Morgan fingerprint density at radius 3 is 2.55 bits per heavy atom. The summed E-state index contributed by atoms with van der Waals surface area (Å²) in [6.45, 7) is 2.96. The maximum atomic E-state index is 14.9. The molecule has 152 valence electrons. The van der Waals surface area contributed by atoms with E-state index in [0.717, 1.165) is 26.2 Å². The predicted octanol–water partition coefficient (Wildman–Crippen LogP) is 5.85. The first kappa shape index (κ1) is 19.6. The number of halogens is 4. The van der Waals surface area contributed by atoms with Crippen molar-refractivity contribution >= 4 is 16.6 Å². The second kappa shape index (κ2) is 6.94. The molecule has 1 saturated carbocycles. The van der Waals surface area contributed by atoms with E-state index in [-0.39, 0.29) is 23.5 Å². The van der Waals surface area contributed by atoms with Crippen molar-refractivity contribution in [2.75, 3.05) is 6.54 Å². The lowest BCUT2D eigenvalue weighted by atomic mass is 9.92. The summed E-state index contributed by atoms with van der Waals surface area (Å²) in [4.78, 5) is 1.25. The van der Waals surface area contributed by atoms with Crippen molar-refractivity contribution in [3.8, 4) is 6.07 Å². The van der Waals surface area contributed by atoms with Gasteiger partial charge in [0, 0.05) is 12.6 Å². The number of nitrogens with zero attached hydrogens (tertiary/aromatic N) is 3. The van der Waals surface area contributed by atoms with Crippen LogP contribution in [0.2, 0.25) is 0 Å². The highest BCUT2D eigenvalue weighted by Crippen LogP contribution is 2.44. The van der Waals surface area contributed by atoms with Gasteiger partial charge in [0.1, 0.15) is 17.9 Å². The third-order valence-electron chi connectivity index (χ3n) is 5.94. The fourth-order valence-electron chi connectivity index (χ4n) is 4.19. The standard InChI is InChI=1S/C22H21F4N3/c1-13-10-17(23)20-16(12-27)21(29(19(20)11-13)15-6-5-7-15)18-8-3-4-9-28(18)14(2)22(24,25)26/h3-4,8,10-11,14-15H,5-7,9H2,1-2H3/t14-/m0/s1. The van der Waals surface area contributed by atoms with E-state index in [0.29, 0.717) is 22.5 Å². The van der Waals surface area contributed by atoms with Crippen molar-refractivity contribution in [2.24, 2.45) is 0 Å². The zero-order chi connectivity index (χ0) is 20.9. The molecule has 0 radical (unpaired) electrons. The molecule has 0 unspecified atom stereocenters. The van der Waals surface area contributed by atoms with E-state index in [9.17, 15) is 22.8 Å². The molecule has 3 nitrogen and oxygen atoms in total. The van der Waals surface area contributed by atoms with Gasteiger partial charge in [-0.3, -0.25) is 0 Å². The van der Waals surface area contributed by atoms with E-state index < -0.39 is 18.0 Å². The Kier molecular flexibility index (Phi) is 4.68. The van der Waals surface area contributed by atoms with Crippen LogP contribution in [-0.4, -0.2) is 28.2 Å². The van der Waals surface area contributed by atoms with Gasteiger partial charge in [0.05, 0.1) is 27.9 Å². The van der Waals surface area contributed by atoms with Crippen LogP contribution in [0.1, 0.15) is 49.0 Å². The SMILES string of the molecule is Cc1cc(F)c2c(C#N)c(C3=CC=CCN3[C@@H](C)C(F)(F)F)n(C3CCC3)c2c1. The zero-order valence-electron chi connectivity index (χ0n) is 16.2. The molecule has 0 spiro atoms. The van der Waals surface area contributed by atoms with E-state index in [4.69, 9.17) is 0 Å². The van der Waals surface area contributed by atoms with Crippen LogP contribution in [0.15, 0.2) is 30.4 Å². The average Bonchev–Trinajstić information content (AvgIpc) is 2.93. The average molecular weight is 403 g/mol. The quantitative estimate of drug-likeness (QED) is 0.602. The zero-order valence-corrected chi connectivity index (χ0v) is 16.2. The lowest BCUT2D eigenvalue weighted by Crippen LogP contribution is -2.43. The summed E-state index contributed by atoms with van der Waals surface area (Å²) in [5.41, 5.74) is 2.09. The van der Waals surface area contributed by atoms with Gasteiger partial charge in [-0.05, 0) is 56.9 Å². The summed E-state index contributed by atoms with van der Waals surface area (Å²) in [7, 11) is 0. The molecule has 1 atom stereocenters. The molecule has 0 N–H and O–H groups in total. The fourth-order valence-corrected chi connectivity index (χ4v) is 4.19. The number of alkyl halides is 3. The summed E-state index contributed by atoms with van der Waals surface area (Å²) in [6, 6.07) is 3.58. The second-order valence-corrected chi connectivity index (χ2v) is 7.78. The summed E-state index contributed by atoms with van der Waals surface area (Å²) in [5.74, 6) is -0.516. The van der Waals surface area contributed by atoms with Crippen LogP contribution in [0, 0.1) is 24.1 Å². The van der Waals surface area contributed by atoms with Gasteiger partial charge in [-0.25, -0.2) is 4.39 Å². The van der Waals surface area contributed by atoms with Crippen molar-refractivity contribution in [3.63, 3.8) is 0 Å². The lowest BCUT2D eigenvalue weighted by Gasteiger charge is -2.37. The van der Waals surface area contributed by atoms with Crippen LogP contribution in [0.25, 0.3) is 16.6 Å². The number of rotatable bonds is 3. The van der Waals surface area contributed by atoms with Crippen molar-refractivity contribution in [2.45, 2.75) is 51.4 Å². The van der Waals surface area contributed by atoms with Gasteiger partial charge in [-0.1, -0.05) is 12.2 Å². The smallest absolute Gasteiger partial charge is 0.354 e. The number of aromatic nitrogens is 1. The third kappa shape index (κ3) is 3.11. The Hall–Kier alpha value is -2.75. The van der Waals surface area contributed by atoms with Crippen LogP contribution in [0.5, 0.6) is 0 Å². The van der Waals surface area contributed by atoms with Crippen molar-refractivity contribution in [1.29, 1.82) is 5.26 Å². The van der Waals surface area contributed by atoms with E-state index in [1.807, 2.05) is 10.6 Å². The van der Waals surface area contributed by atoms with Crippen LogP contribution < -0.4 is 0 Å². The molecule has 2 heterocycles. The Morgan fingerprint density at radius 1 is 1.24 bits per heavy atom. The maximum absolute atomic E-state index is 14.9. The largest absolute Gasteiger partial charge is 0.408 e. The summed E-state index contributed by atoms with van der Waals surface area (Å²) >= 11 is 0. The number of allylic oxidation sites excluding steroid dienone is 2. The Labute approximate surface area is 166 Å². The van der Waals surface area contributed by atoms with Gasteiger partial charge in [-0.15, -0.1) is 0 Å². The first-order chi connectivity index (χ1) is 13.7. The molecule has 0 bridgehead atoms. The molecule has 4 rings (SSSR count). The summed E-state index contributed by atoms with van der Waals surface area (Å²) in [6.07, 6.45) is 3.23. The van der Waals surface area contributed by atoms with Gasteiger partial charge >= 0.3 is 6.18 Å². The minimum absolute atomic E-state index is 0.0469. The van der Waals surface area contributed by atoms with Crippen molar-refractivity contribution in [3.05, 3.63) is 53.0 Å². The molecular weight excluding hydrogens is 382 g/mol. The number of fused-ring (bicyclic) bond motifs is 1. The molecule has 1 fully saturated rings. The van der Waals surface area contributed by atoms with Gasteiger partial charge in [0.15, 0.2) is 0 Å². The Bertz CT molecular complexity index is 1060. The summed E-state index contributed by atoms with van der Waals surface area (Å²) in [5, 5.41) is 10.1. The van der Waals surface area contributed by atoms with Gasteiger partial charge in [-0.2, -0.15) is 18.4 Å². The highest BCUT2D eigenvalue weighted by atomic mass is 19.4. The third-order valence-corrected chi connectivity index (χ3v) is 5.94. The van der Waals surface area contributed by atoms with E-state index in [2.05, 4.69) is 6.07 Å². The minimum atomic E-state index is -4.42. The Morgan fingerprint density at radius 2 is 1.97 bits per heavy atom. The number of hydrogen-bond donors (Lipinski definition) is 0. The minimum Gasteiger partial charge on any atom is -0.354 e. The monoisotopic (exact) mass is 403 g/mol. The maximum Gasteiger partial charge on any atom is 0.408 e. The van der Waals surface area contributed by atoms with E-state index in [1.54, 1.807) is 25.2 Å². The van der Waals surface area contributed by atoms with Crippen molar-refractivity contribution < 1.29 is 17.6 Å². The number of hydrogen-bond acceptors (Lipinski definition) is 2. The molecule has 0 amide bonds. The first-order valence-electron chi connectivity index (χ1n) is 9.68. The molecule has 7 heteroatoms. The van der Waals surface area contributed by atoms with Crippen LogP contribution >= 0.6 is 0 Å². The summed E-state index contributed by atoms with van der Waals surface area (Å²) < 4.78 is 57.4. The number of aryl methyl sites for hydroxylation is 1. The highest BCUT2D eigenvalue weighted by Gasteiger charge is 2.42. The second-order valence-electron chi connectivity index (χ2n) is 7.78. The van der Waals surface area contributed by atoms with E-state index >= 15 is 0 Å². The fraction of sp³-hybridized carbons (Fsp3) is 0.409. The lowest BCUT2D eigenvalue weighted by molar-refractivity contribution is -0.169. The van der Waals surface area contributed by atoms with Gasteiger partial charge < -0.3 is 9.47 Å². The molecule has 1 aliphatic carbocycles. The van der Waals surface area contributed by atoms with Crippen LogP contribution in [0.4, 0.5) is 17.6 Å². The molecule has 1 aromatic carbocycles. The topological polar surface area (TPSA) is 32.0 Å². The van der Waals surface area contributed by atoms with Crippen LogP contribution in [-0.2, 0) is 0 Å². The molecule has 1 aliphatic heterocycles. The molecule has 2 aliphatic rings. The Balaban J connectivity index is 2.02. The normalized spacial score (nSPS) is 18.5. The first-order valence-corrected chi connectivity index (χ1v) is 9.68. The molecule has 2 aromatic rings. The number of benzene rings is 1. The van der Waals surface area contributed by atoms with Crippen molar-refractivity contribution in [1.82, 2.24) is 9.47 Å². The molecule has 29 heavy (non-hydrogen) atoms. The van der Waals surface area contributed by atoms with E-state index in [1.165, 1.54) is 11.0 Å².